The van der Waals surface area contributed by atoms with E-state index >= 15 is 0 Å². The van der Waals surface area contributed by atoms with Crippen LogP contribution < -0.4 is 15.0 Å². The van der Waals surface area contributed by atoms with Crippen molar-refractivity contribution in [2.24, 2.45) is 11.8 Å². The molecule has 0 saturated carbocycles. The van der Waals surface area contributed by atoms with Crippen molar-refractivity contribution in [3.63, 3.8) is 0 Å². The number of imide groups is 1. The number of methoxy groups -OCH3 is 1. The molecule has 3 aromatic rings. The third-order valence-electron chi connectivity index (χ3n) is 7.50. The van der Waals surface area contributed by atoms with Gasteiger partial charge < -0.3 is 14.9 Å². The van der Waals surface area contributed by atoms with E-state index in [4.69, 9.17) is 4.74 Å². The van der Waals surface area contributed by atoms with Gasteiger partial charge in [0.25, 0.3) is 5.69 Å². The van der Waals surface area contributed by atoms with Crippen molar-refractivity contribution in [3.05, 3.63) is 99.6 Å². The standard InChI is InChI=1S/C28H23N3O9/c1-40-18-11-12-19(20(13-18)31(38)39)30-24(32)21-22(25(30)33)28(27(36)37,14-15-5-3-2-4-6-15)29-23(21)16-7-9-17(10-8-16)26(34)35/h2-13,21-23,29H,14H2,1H3,(H,34,35)(H,36,37)/t21-,22+,23-,28-/m0/s1. The Balaban J connectivity index is 1.67. The summed E-state index contributed by atoms with van der Waals surface area (Å²) in [6, 6.07) is 16.8. The zero-order valence-corrected chi connectivity index (χ0v) is 21.0. The quantitative estimate of drug-likeness (QED) is 0.217. The Morgan fingerprint density at radius 3 is 2.27 bits per heavy atom. The third kappa shape index (κ3) is 4.14. The first-order chi connectivity index (χ1) is 19.1. The molecule has 12 heteroatoms. The highest BCUT2D eigenvalue weighted by molar-refractivity contribution is 6.25. The number of carboxylic acids is 2. The molecule has 0 aliphatic carbocycles. The van der Waals surface area contributed by atoms with Gasteiger partial charge in [0.2, 0.25) is 11.8 Å². The van der Waals surface area contributed by atoms with Gasteiger partial charge in [-0.1, -0.05) is 42.5 Å². The minimum absolute atomic E-state index is 0.0172. The van der Waals surface area contributed by atoms with Crippen molar-refractivity contribution in [3.8, 4) is 5.75 Å². The van der Waals surface area contributed by atoms with Crippen LogP contribution in [-0.4, -0.2) is 51.5 Å². The predicted molar refractivity (Wildman–Crippen MR) is 139 cm³/mol. The van der Waals surface area contributed by atoms with Crippen LogP contribution >= 0.6 is 0 Å². The second-order valence-corrected chi connectivity index (χ2v) is 9.62. The number of nitrogens with one attached hydrogen (secondary N) is 1. The number of ether oxygens (including phenoxy) is 1. The van der Waals surface area contributed by atoms with Gasteiger partial charge in [-0.15, -0.1) is 0 Å². The molecule has 0 unspecified atom stereocenters. The summed E-state index contributed by atoms with van der Waals surface area (Å²) in [5.74, 6) is -6.77. The molecule has 2 heterocycles. The van der Waals surface area contributed by atoms with Crippen LogP contribution in [0.1, 0.15) is 27.5 Å². The van der Waals surface area contributed by atoms with E-state index in [1.54, 1.807) is 30.3 Å². The maximum Gasteiger partial charge on any atom is 0.335 e. The first-order valence-electron chi connectivity index (χ1n) is 12.2. The van der Waals surface area contributed by atoms with Crippen LogP contribution in [0.5, 0.6) is 5.75 Å². The van der Waals surface area contributed by atoms with Crippen molar-refractivity contribution in [2.45, 2.75) is 18.0 Å². The number of fused-ring (bicyclic) bond motifs is 1. The Morgan fingerprint density at radius 1 is 1.02 bits per heavy atom. The van der Waals surface area contributed by atoms with Gasteiger partial charge in [-0.2, -0.15) is 0 Å². The first-order valence-corrected chi connectivity index (χ1v) is 12.2. The molecule has 5 rings (SSSR count). The molecule has 0 radical (unpaired) electrons. The number of carbonyl (C=O) groups is 4. The molecule has 0 spiro atoms. The molecule has 2 fully saturated rings. The number of carbonyl (C=O) groups excluding carboxylic acids is 2. The van der Waals surface area contributed by atoms with Gasteiger partial charge in [0, 0.05) is 12.5 Å². The summed E-state index contributed by atoms with van der Waals surface area (Å²) < 4.78 is 5.06. The molecule has 12 nitrogen and oxygen atoms in total. The number of anilines is 1. The van der Waals surface area contributed by atoms with E-state index in [1.165, 1.54) is 43.5 Å². The number of nitro groups is 1. The second-order valence-electron chi connectivity index (χ2n) is 9.62. The SMILES string of the molecule is COc1ccc(N2C(=O)[C@@H]3[C@H](c4ccc(C(=O)O)cc4)N[C@](Cc4ccccc4)(C(=O)O)[C@H]3C2=O)c([N+](=O)[O-])c1. The molecule has 204 valence electrons. The lowest BCUT2D eigenvalue weighted by atomic mass is 9.76. The zero-order valence-electron chi connectivity index (χ0n) is 21.0. The van der Waals surface area contributed by atoms with Gasteiger partial charge in [0.1, 0.15) is 17.0 Å². The van der Waals surface area contributed by atoms with Crippen LogP contribution in [-0.2, 0) is 20.8 Å². The van der Waals surface area contributed by atoms with Crippen LogP contribution in [0.25, 0.3) is 0 Å². The molecule has 2 amide bonds. The number of hydrogen-bond donors (Lipinski definition) is 3. The highest BCUT2D eigenvalue weighted by Crippen LogP contribution is 2.52. The number of rotatable bonds is 8. The van der Waals surface area contributed by atoms with Crippen LogP contribution in [0, 0.1) is 22.0 Å². The van der Waals surface area contributed by atoms with E-state index in [2.05, 4.69) is 5.32 Å². The minimum atomic E-state index is -1.95. The molecule has 4 atom stereocenters. The number of nitro benzene ring substituents is 1. The van der Waals surface area contributed by atoms with Gasteiger partial charge in [-0.05, 0) is 35.4 Å². The smallest absolute Gasteiger partial charge is 0.335 e. The van der Waals surface area contributed by atoms with Gasteiger partial charge in [-0.25, -0.2) is 9.69 Å². The molecular weight excluding hydrogens is 522 g/mol. The molecule has 0 aromatic heterocycles. The zero-order chi connectivity index (χ0) is 28.8. The van der Waals surface area contributed by atoms with Crippen molar-refractivity contribution in [1.29, 1.82) is 0 Å². The minimum Gasteiger partial charge on any atom is -0.496 e. The lowest BCUT2D eigenvalue weighted by molar-refractivity contribution is -0.384. The predicted octanol–water partition coefficient (Wildman–Crippen LogP) is 2.82. The van der Waals surface area contributed by atoms with Gasteiger partial charge >= 0.3 is 11.9 Å². The number of amides is 2. The van der Waals surface area contributed by atoms with E-state index in [9.17, 15) is 39.5 Å². The van der Waals surface area contributed by atoms with Crippen LogP contribution in [0.3, 0.4) is 0 Å². The summed E-state index contributed by atoms with van der Waals surface area (Å²) in [5.41, 5.74) is -1.84. The summed E-state index contributed by atoms with van der Waals surface area (Å²) in [7, 11) is 1.31. The maximum atomic E-state index is 14.0. The summed E-state index contributed by atoms with van der Waals surface area (Å²) in [6.07, 6.45) is -0.161. The van der Waals surface area contributed by atoms with Gasteiger partial charge in [0.05, 0.1) is 35.5 Å². The maximum absolute atomic E-state index is 14.0. The monoisotopic (exact) mass is 545 g/mol. The molecular formula is C28H23N3O9. The molecule has 40 heavy (non-hydrogen) atoms. The molecule has 2 aliphatic rings. The van der Waals surface area contributed by atoms with E-state index in [1.807, 2.05) is 0 Å². The summed E-state index contributed by atoms with van der Waals surface area (Å²) in [5, 5.41) is 34.8. The topological polar surface area (TPSA) is 176 Å². The van der Waals surface area contributed by atoms with Crippen LogP contribution in [0.2, 0.25) is 0 Å². The number of hydrogen-bond acceptors (Lipinski definition) is 8. The second kappa shape index (κ2) is 9.89. The van der Waals surface area contributed by atoms with Gasteiger partial charge in [-0.3, -0.25) is 29.8 Å². The molecule has 3 N–H and O–H groups in total. The number of nitrogens with zero attached hydrogens (tertiary/aromatic N) is 2. The molecule has 2 saturated heterocycles. The molecule has 3 aromatic carbocycles. The first kappa shape index (κ1) is 26.5. The molecule has 2 aliphatic heterocycles. The Bertz CT molecular complexity index is 1540. The lowest BCUT2D eigenvalue weighted by Crippen LogP contribution is -2.57. The fraction of sp³-hybridized carbons (Fsp3) is 0.214. The average Bonchev–Trinajstić information content (AvgIpc) is 3.42. The third-order valence-corrected chi connectivity index (χ3v) is 7.50. The van der Waals surface area contributed by atoms with Crippen LogP contribution in [0.15, 0.2) is 72.8 Å². The number of carboxylic acid groups (broad SMARTS) is 2. The van der Waals surface area contributed by atoms with Crippen molar-refractivity contribution in [2.75, 3.05) is 12.0 Å². The van der Waals surface area contributed by atoms with Crippen molar-refractivity contribution in [1.82, 2.24) is 5.32 Å². The Morgan fingerprint density at radius 2 is 1.70 bits per heavy atom. The normalized spacial score (nSPS) is 23.6. The van der Waals surface area contributed by atoms with E-state index in [0.29, 0.717) is 16.0 Å². The molecule has 0 bridgehead atoms. The number of aromatic carboxylic acids is 1. The highest BCUT2D eigenvalue weighted by Gasteiger charge is 2.69. The van der Waals surface area contributed by atoms with Crippen LogP contribution in [0.4, 0.5) is 11.4 Å². The highest BCUT2D eigenvalue weighted by atomic mass is 16.6. The Kier molecular flexibility index (Phi) is 6.56. The van der Waals surface area contributed by atoms with Crippen molar-refractivity contribution < 1.29 is 39.1 Å². The Hall–Kier alpha value is -5.10. The largest absolute Gasteiger partial charge is 0.496 e. The number of benzene rings is 3. The van der Waals surface area contributed by atoms with E-state index < -0.39 is 57.8 Å². The van der Waals surface area contributed by atoms with E-state index in [-0.39, 0.29) is 23.4 Å². The lowest BCUT2D eigenvalue weighted by Gasteiger charge is -2.31. The summed E-state index contributed by atoms with van der Waals surface area (Å²) in [4.78, 5) is 64.2. The summed E-state index contributed by atoms with van der Waals surface area (Å²) in [6.45, 7) is 0. The van der Waals surface area contributed by atoms with Crippen molar-refractivity contribution >= 4 is 35.1 Å². The fourth-order valence-electron chi connectivity index (χ4n) is 5.68. The fourth-order valence-corrected chi connectivity index (χ4v) is 5.68. The average molecular weight is 546 g/mol. The summed E-state index contributed by atoms with van der Waals surface area (Å²) >= 11 is 0. The van der Waals surface area contributed by atoms with E-state index in [0.717, 1.165) is 6.07 Å². The van der Waals surface area contributed by atoms with Gasteiger partial charge in [0.15, 0.2) is 0 Å². The Labute approximate surface area is 226 Å². The number of aliphatic carboxylic acids is 1.